The number of nitrogens with two attached hydrogens (primary N) is 1. The van der Waals surface area contributed by atoms with Gasteiger partial charge in [-0.3, -0.25) is 9.59 Å². The minimum atomic E-state index is -0.770. The summed E-state index contributed by atoms with van der Waals surface area (Å²) in [6.07, 6.45) is 0. The lowest BCUT2D eigenvalue weighted by Gasteiger charge is -2.49. The average Bonchev–Trinajstić information content (AvgIpc) is 2.20. The molecule has 0 aliphatic carbocycles. The van der Waals surface area contributed by atoms with E-state index in [2.05, 4.69) is 5.32 Å². The summed E-state index contributed by atoms with van der Waals surface area (Å²) in [6.45, 7) is 4.33. The molecule has 0 saturated carbocycles. The molecule has 2 amide bonds. The van der Waals surface area contributed by atoms with Gasteiger partial charge in [0.25, 0.3) is 0 Å². The Morgan fingerprint density at radius 1 is 1.50 bits per heavy atom. The number of hydrogen-bond donors (Lipinski definition) is 3. The third kappa shape index (κ3) is 2.70. The maximum Gasteiger partial charge on any atom is 0.242 e. The van der Waals surface area contributed by atoms with Crippen LogP contribution in [0, 0.1) is 5.92 Å². The van der Waals surface area contributed by atoms with Crippen molar-refractivity contribution in [3.63, 3.8) is 0 Å². The van der Waals surface area contributed by atoms with Crippen molar-refractivity contribution in [3.8, 4) is 0 Å². The van der Waals surface area contributed by atoms with E-state index in [1.54, 1.807) is 0 Å². The highest BCUT2D eigenvalue weighted by Gasteiger charge is 2.45. The van der Waals surface area contributed by atoms with Crippen molar-refractivity contribution >= 4 is 11.8 Å². The van der Waals surface area contributed by atoms with Gasteiger partial charge in [-0.15, -0.1) is 0 Å². The third-order valence-electron chi connectivity index (χ3n) is 2.98. The van der Waals surface area contributed by atoms with Crippen LogP contribution >= 0.6 is 0 Å². The topological polar surface area (TPSA) is 95.7 Å². The van der Waals surface area contributed by atoms with Gasteiger partial charge < -0.3 is 21.1 Å². The van der Waals surface area contributed by atoms with Gasteiger partial charge in [0.15, 0.2) is 0 Å². The maximum absolute atomic E-state index is 11.5. The van der Waals surface area contributed by atoms with Crippen molar-refractivity contribution in [2.75, 3.05) is 26.2 Å². The van der Waals surface area contributed by atoms with Crippen molar-refractivity contribution < 1.29 is 14.7 Å². The predicted molar refractivity (Wildman–Crippen MR) is 58.4 cm³/mol. The van der Waals surface area contributed by atoms with Gasteiger partial charge >= 0.3 is 0 Å². The van der Waals surface area contributed by atoms with Gasteiger partial charge in [-0.2, -0.15) is 0 Å². The van der Waals surface area contributed by atoms with Crippen LogP contribution in [-0.2, 0) is 9.59 Å². The first-order valence-electron chi connectivity index (χ1n) is 5.36. The van der Waals surface area contributed by atoms with Gasteiger partial charge in [0.05, 0.1) is 26.2 Å². The molecule has 0 spiro atoms. The van der Waals surface area contributed by atoms with Crippen LogP contribution < -0.4 is 11.1 Å². The molecule has 0 bridgehead atoms. The molecule has 0 unspecified atom stereocenters. The van der Waals surface area contributed by atoms with Crippen LogP contribution in [0.25, 0.3) is 0 Å². The molecule has 0 aromatic heterocycles. The van der Waals surface area contributed by atoms with Gasteiger partial charge in [-0.1, -0.05) is 13.8 Å². The monoisotopic (exact) mass is 229 g/mol. The molecule has 92 valence electrons. The van der Waals surface area contributed by atoms with E-state index in [4.69, 9.17) is 5.73 Å². The molecule has 0 aromatic rings. The summed E-state index contributed by atoms with van der Waals surface area (Å²) < 4.78 is 0. The Bertz CT molecular complexity index is 285. The number of hydrogen-bond acceptors (Lipinski definition) is 4. The molecule has 0 radical (unpaired) electrons. The summed E-state index contributed by atoms with van der Waals surface area (Å²) in [7, 11) is 0. The molecule has 1 saturated heterocycles. The van der Waals surface area contributed by atoms with Crippen LogP contribution in [0.1, 0.15) is 13.8 Å². The SMILES string of the molecule is CC(C)C1(O)CN(C(=O)CNC(=O)CN)C1. The predicted octanol–water partition coefficient (Wildman–Crippen LogP) is -1.71. The molecule has 1 fully saturated rings. The number of carbonyl (C=O) groups excluding carboxylic acids is 2. The summed E-state index contributed by atoms with van der Waals surface area (Å²) in [5, 5.41) is 12.3. The normalized spacial score (nSPS) is 18.2. The zero-order valence-corrected chi connectivity index (χ0v) is 9.69. The van der Waals surface area contributed by atoms with E-state index in [-0.39, 0.29) is 30.8 Å². The van der Waals surface area contributed by atoms with Crippen LogP contribution in [0.4, 0.5) is 0 Å². The molecule has 6 heteroatoms. The van der Waals surface area contributed by atoms with Crippen LogP contribution in [0.3, 0.4) is 0 Å². The highest BCUT2D eigenvalue weighted by atomic mass is 16.3. The Hall–Kier alpha value is -1.14. The van der Waals surface area contributed by atoms with E-state index in [1.807, 2.05) is 13.8 Å². The molecule has 1 aliphatic heterocycles. The Morgan fingerprint density at radius 3 is 2.50 bits per heavy atom. The standard InChI is InChI=1S/C10H19N3O3/c1-7(2)10(16)5-13(6-10)9(15)4-12-8(14)3-11/h7,16H,3-6,11H2,1-2H3,(H,12,14). The van der Waals surface area contributed by atoms with Crippen molar-refractivity contribution in [2.45, 2.75) is 19.4 Å². The Labute approximate surface area is 94.8 Å². The van der Waals surface area contributed by atoms with Crippen molar-refractivity contribution in [3.05, 3.63) is 0 Å². The summed E-state index contributed by atoms with van der Waals surface area (Å²) >= 11 is 0. The molecule has 1 heterocycles. The van der Waals surface area contributed by atoms with Gasteiger partial charge in [0.2, 0.25) is 11.8 Å². The van der Waals surface area contributed by atoms with Gasteiger partial charge in [-0.05, 0) is 5.92 Å². The zero-order chi connectivity index (χ0) is 12.3. The second-order valence-corrected chi connectivity index (χ2v) is 4.49. The highest BCUT2D eigenvalue weighted by molar-refractivity contribution is 5.86. The smallest absolute Gasteiger partial charge is 0.242 e. The summed E-state index contributed by atoms with van der Waals surface area (Å²) in [4.78, 5) is 23.9. The molecule has 4 N–H and O–H groups in total. The van der Waals surface area contributed by atoms with Crippen LogP contribution in [0.15, 0.2) is 0 Å². The number of nitrogens with zero attached hydrogens (tertiary/aromatic N) is 1. The lowest BCUT2D eigenvalue weighted by molar-refractivity contribution is -0.163. The first kappa shape index (κ1) is 12.9. The fourth-order valence-electron chi connectivity index (χ4n) is 1.51. The first-order chi connectivity index (χ1) is 7.39. The van der Waals surface area contributed by atoms with Crippen LogP contribution in [0.5, 0.6) is 0 Å². The minimum Gasteiger partial charge on any atom is -0.386 e. The second-order valence-electron chi connectivity index (χ2n) is 4.49. The molecule has 6 nitrogen and oxygen atoms in total. The summed E-state index contributed by atoms with van der Waals surface area (Å²) in [5.41, 5.74) is 4.32. The minimum absolute atomic E-state index is 0.0514. The number of β-amino-alcohol motifs (C(OH)–C–C–N with tert-alkyl or cyclic N) is 1. The van der Waals surface area contributed by atoms with Crippen molar-refractivity contribution in [1.29, 1.82) is 0 Å². The van der Waals surface area contributed by atoms with E-state index in [0.29, 0.717) is 13.1 Å². The van der Waals surface area contributed by atoms with Gasteiger partial charge in [0.1, 0.15) is 5.60 Å². The molecular weight excluding hydrogens is 210 g/mol. The van der Waals surface area contributed by atoms with E-state index in [0.717, 1.165) is 0 Å². The number of aliphatic hydroxyl groups is 1. The molecule has 16 heavy (non-hydrogen) atoms. The maximum atomic E-state index is 11.5. The van der Waals surface area contributed by atoms with Crippen molar-refractivity contribution in [2.24, 2.45) is 11.7 Å². The Morgan fingerprint density at radius 2 is 2.06 bits per heavy atom. The van der Waals surface area contributed by atoms with Gasteiger partial charge in [-0.25, -0.2) is 0 Å². The number of likely N-dealkylation sites (tertiary alicyclic amines) is 1. The molecule has 1 rings (SSSR count). The van der Waals surface area contributed by atoms with Gasteiger partial charge in [0, 0.05) is 0 Å². The molecule has 0 aromatic carbocycles. The van der Waals surface area contributed by atoms with E-state index < -0.39 is 5.60 Å². The number of carbonyl (C=O) groups is 2. The lowest BCUT2D eigenvalue weighted by Crippen LogP contribution is -2.67. The number of rotatable bonds is 4. The Balaban J connectivity index is 2.30. The van der Waals surface area contributed by atoms with Crippen LogP contribution in [0.2, 0.25) is 0 Å². The molecule has 0 atom stereocenters. The lowest BCUT2D eigenvalue weighted by atomic mass is 9.83. The fraction of sp³-hybridized carbons (Fsp3) is 0.800. The Kier molecular flexibility index (Phi) is 3.88. The largest absolute Gasteiger partial charge is 0.386 e. The first-order valence-corrected chi connectivity index (χ1v) is 5.36. The quantitative estimate of drug-likeness (QED) is 0.535. The molecule has 1 aliphatic rings. The van der Waals surface area contributed by atoms with Crippen LogP contribution in [-0.4, -0.2) is 53.6 Å². The third-order valence-corrected chi connectivity index (χ3v) is 2.98. The average molecular weight is 229 g/mol. The number of nitrogens with one attached hydrogen (secondary N) is 1. The fourth-order valence-corrected chi connectivity index (χ4v) is 1.51. The van der Waals surface area contributed by atoms with Crippen molar-refractivity contribution in [1.82, 2.24) is 10.2 Å². The van der Waals surface area contributed by atoms with E-state index >= 15 is 0 Å². The summed E-state index contributed by atoms with van der Waals surface area (Å²) in [6, 6.07) is 0. The second kappa shape index (κ2) is 4.80. The van der Waals surface area contributed by atoms with E-state index in [1.165, 1.54) is 4.90 Å². The summed E-state index contributed by atoms with van der Waals surface area (Å²) in [5.74, 6) is -0.421. The van der Waals surface area contributed by atoms with E-state index in [9.17, 15) is 14.7 Å². The molecular formula is C10H19N3O3. The number of amides is 2. The zero-order valence-electron chi connectivity index (χ0n) is 9.69. The highest BCUT2D eigenvalue weighted by Crippen LogP contribution is 2.28.